The van der Waals surface area contributed by atoms with E-state index in [0.29, 0.717) is 13.1 Å². The fraction of sp³-hybridized carbons (Fsp3) is 0.409. The summed E-state index contributed by atoms with van der Waals surface area (Å²) in [4.78, 5) is 1.97. The second kappa shape index (κ2) is 12.2. The van der Waals surface area contributed by atoms with Gasteiger partial charge >= 0.3 is 0 Å². The first-order chi connectivity index (χ1) is 13.3. The van der Waals surface area contributed by atoms with Crippen LogP contribution >= 0.6 is 0 Å². The summed E-state index contributed by atoms with van der Waals surface area (Å²) in [6.07, 6.45) is 11.9. The summed E-state index contributed by atoms with van der Waals surface area (Å²) >= 11 is 0. The van der Waals surface area contributed by atoms with Crippen molar-refractivity contribution in [2.24, 2.45) is 5.73 Å². The van der Waals surface area contributed by atoms with Crippen LogP contribution in [-0.2, 0) is 6.54 Å². The monoisotopic (exact) mass is 370 g/mol. The number of hydrogen-bond donors (Lipinski definition) is 3. The Balaban J connectivity index is 1.91. The van der Waals surface area contributed by atoms with Crippen LogP contribution in [0.3, 0.4) is 0 Å². The summed E-state index contributed by atoms with van der Waals surface area (Å²) < 4.78 is 2.21. The maximum absolute atomic E-state index is 9.14. The number of aliphatic hydroxyl groups is 2. The second-order valence-electron chi connectivity index (χ2n) is 6.58. The van der Waals surface area contributed by atoms with Gasteiger partial charge in [0.05, 0.1) is 13.2 Å². The van der Waals surface area contributed by atoms with Crippen molar-refractivity contribution in [2.75, 3.05) is 37.7 Å². The van der Waals surface area contributed by atoms with Gasteiger partial charge in [0.2, 0.25) is 0 Å². The van der Waals surface area contributed by atoms with Crippen LogP contribution in [0.15, 0.2) is 48.8 Å². The maximum Gasteiger partial charge on any atom is 0.169 e. The Hall–Kier alpha value is -2.21. The Bertz CT molecular complexity index is 663. The van der Waals surface area contributed by atoms with Gasteiger partial charge in [-0.25, -0.2) is 4.57 Å². The molecule has 0 amide bonds. The molecule has 1 heterocycles. The molecule has 4 N–H and O–H groups in total. The van der Waals surface area contributed by atoms with Crippen LogP contribution in [0.4, 0.5) is 5.69 Å². The lowest BCUT2D eigenvalue weighted by Gasteiger charge is -2.22. The number of aromatic nitrogens is 1. The number of anilines is 1. The summed E-state index contributed by atoms with van der Waals surface area (Å²) in [6.45, 7) is 2.99. The zero-order chi connectivity index (χ0) is 19.3. The molecule has 0 saturated heterocycles. The normalized spacial score (nSPS) is 11.2. The van der Waals surface area contributed by atoms with E-state index < -0.39 is 0 Å². The van der Waals surface area contributed by atoms with Crippen LogP contribution in [0.5, 0.6) is 0 Å². The lowest BCUT2D eigenvalue weighted by Crippen LogP contribution is -2.32. The van der Waals surface area contributed by atoms with Gasteiger partial charge in [0.1, 0.15) is 6.54 Å². The predicted molar refractivity (Wildman–Crippen MR) is 111 cm³/mol. The molecule has 2 rings (SSSR count). The largest absolute Gasteiger partial charge is 0.395 e. The molecule has 1 aromatic heterocycles. The van der Waals surface area contributed by atoms with E-state index in [1.165, 1.54) is 12.0 Å². The first-order valence-corrected chi connectivity index (χ1v) is 9.71. The van der Waals surface area contributed by atoms with Crippen molar-refractivity contribution in [3.63, 3.8) is 0 Å². The number of aliphatic hydroxyl groups excluding tert-OH is 2. The third-order valence-corrected chi connectivity index (χ3v) is 4.50. The number of rotatable bonds is 12. The first kappa shape index (κ1) is 21.1. The molecule has 0 aliphatic heterocycles. The second-order valence-corrected chi connectivity index (χ2v) is 6.58. The van der Waals surface area contributed by atoms with Gasteiger partial charge in [-0.15, -0.1) is 0 Å². The van der Waals surface area contributed by atoms with Crippen molar-refractivity contribution < 1.29 is 14.8 Å². The fourth-order valence-corrected chi connectivity index (χ4v) is 2.94. The zero-order valence-electron chi connectivity index (χ0n) is 16.0. The predicted octanol–water partition coefficient (Wildman–Crippen LogP) is 2.06. The fourth-order valence-electron chi connectivity index (χ4n) is 2.94. The van der Waals surface area contributed by atoms with E-state index in [4.69, 9.17) is 15.9 Å². The molecule has 146 valence electrons. The van der Waals surface area contributed by atoms with Crippen molar-refractivity contribution in [2.45, 2.75) is 25.8 Å². The Morgan fingerprint density at radius 1 is 0.815 bits per heavy atom. The zero-order valence-corrected chi connectivity index (χ0v) is 16.0. The minimum Gasteiger partial charge on any atom is -0.395 e. The van der Waals surface area contributed by atoms with Gasteiger partial charge in [0.15, 0.2) is 12.4 Å². The standard InChI is InChI=1S/C22H32N3O2/c23-12-2-1-3-13-24-14-10-21(11-15-24)5-4-20-6-8-22(9-7-20)25(16-18-26)17-19-27/h4-11,14-15,26-27H,1-3,12-13,16-19,23H2/q+1. The van der Waals surface area contributed by atoms with Crippen LogP contribution in [0, 0.1) is 0 Å². The highest BCUT2D eigenvalue weighted by Crippen LogP contribution is 2.16. The third-order valence-electron chi connectivity index (χ3n) is 4.50. The summed E-state index contributed by atoms with van der Waals surface area (Å²) in [6, 6.07) is 12.4. The summed E-state index contributed by atoms with van der Waals surface area (Å²) in [7, 11) is 0. The molecule has 0 atom stereocenters. The third kappa shape index (κ3) is 7.51. The highest BCUT2D eigenvalue weighted by Gasteiger charge is 2.04. The summed E-state index contributed by atoms with van der Waals surface area (Å²) in [5, 5.41) is 18.3. The molecule has 27 heavy (non-hydrogen) atoms. The van der Waals surface area contributed by atoms with Crippen molar-refractivity contribution in [1.82, 2.24) is 0 Å². The lowest BCUT2D eigenvalue weighted by atomic mass is 10.1. The van der Waals surface area contributed by atoms with Crippen molar-refractivity contribution in [1.29, 1.82) is 0 Å². The minimum absolute atomic E-state index is 0.0721. The smallest absolute Gasteiger partial charge is 0.169 e. The number of nitrogens with zero attached hydrogens (tertiary/aromatic N) is 2. The molecular weight excluding hydrogens is 338 g/mol. The van der Waals surface area contributed by atoms with E-state index in [-0.39, 0.29) is 13.2 Å². The number of aryl methyl sites for hydroxylation is 1. The highest BCUT2D eigenvalue weighted by atomic mass is 16.3. The summed E-state index contributed by atoms with van der Waals surface area (Å²) in [5.41, 5.74) is 8.81. The highest BCUT2D eigenvalue weighted by molar-refractivity contribution is 5.70. The minimum atomic E-state index is 0.0721. The van der Waals surface area contributed by atoms with E-state index in [1.54, 1.807) is 0 Å². The van der Waals surface area contributed by atoms with E-state index in [2.05, 4.69) is 41.2 Å². The number of pyridine rings is 1. The molecule has 0 aliphatic rings. The Morgan fingerprint density at radius 3 is 1.96 bits per heavy atom. The van der Waals surface area contributed by atoms with Crippen LogP contribution in [0.1, 0.15) is 30.4 Å². The Labute approximate surface area is 162 Å². The Morgan fingerprint density at radius 2 is 1.41 bits per heavy atom. The maximum atomic E-state index is 9.14. The van der Waals surface area contributed by atoms with Crippen molar-refractivity contribution in [3.05, 3.63) is 59.9 Å². The SMILES string of the molecule is NCCCCC[n+]1ccc(/C=C/c2ccc(N(CCO)CCO)cc2)cc1. The molecule has 0 saturated carbocycles. The van der Waals surface area contributed by atoms with Gasteiger partial charge in [-0.2, -0.15) is 0 Å². The molecule has 5 nitrogen and oxygen atoms in total. The topological polar surface area (TPSA) is 73.6 Å². The number of unbranched alkanes of at least 4 members (excludes halogenated alkanes) is 2. The molecule has 1 aromatic carbocycles. The lowest BCUT2D eigenvalue weighted by molar-refractivity contribution is -0.697. The molecule has 2 aromatic rings. The molecule has 0 unspecified atom stereocenters. The number of benzene rings is 1. The average molecular weight is 371 g/mol. The molecule has 0 spiro atoms. The van der Waals surface area contributed by atoms with Crippen LogP contribution in [0.2, 0.25) is 0 Å². The molecular formula is C22H32N3O2+. The van der Waals surface area contributed by atoms with Gasteiger partial charge in [0.25, 0.3) is 0 Å². The number of nitrogens with two attached hydrogens (primary N) is 1. The first-order valence-electron chi connectivity index (χ1n) is 9.71. The molecule has 0 fully saturated rings. The molecule has 0 bridgehead atoms. The molecule has 0 radical (unpaired) electrons. The van der Waals surface area contributed by atoms with Crippen LogP contribution < -0.4 is 15.2 Å². The summed E-state index contributed by atoms with van der Waals surface area (Å²) in [5.74, 6) is 0. The van der Waals surface area contributed by atoms with E-state index >= 15 is 0 Å². The van der Waals surface area contributed by atoms with E-state index in [0.717, 1.165) is 37.2 Å². The van der Waals surface area contributed by atoms with Crippen molar-refractivity contribution in [3.8, 4) is 0 Å². The quantitative estimate of drug-likeness (QED) is 0.395. The van der Waals surface area contributed by atoms with Crippen LogP contribution in [-0.4, -0.2) is 43.1 Å². The van der Waals surface area contributed by atoms with Crippen LogP contribution in [0.25, 0.3) is 12.2 Å². The molecule has 0 aliphatic carbocycles. The molecule has 5 heteroatoms. The number of hydrogen-bond acceptors (Lipinski definition) is 4. The van der Waals surface area contributed by atoms with E-state index in [9.17, 15) is 0 Å². The van der Waals surface area contributed by atoms with Gasteiger partial charge in [-0.1, -0.05) is 24.3 Å². The van der Waals surface area contributed by atoms with Gasteiger partial charge in [0, 0.05) is 37.3 Å². The Kier molecular flexibility index (Phi) is 9.55. The average Bonchev–Trinajstić information content (AvgIpc) is 2.71. The van der Waals surface area contributed by atoms with Gasteiger partial charge in [-0.05, 0) is 42.6 Å². The van der Waals surface area contributed by atoms with Gasteiger partial charge < -0.3 is 20.8 Å². The van der Waals surface area contributed by atoms with E-state index in [1.807, 2.05) is 29.2 Å². The van der Waals surface area contributed by atoms with Gasteiger partial charge in [-0.3, -0.25) is 0 Å². The van der Waals surface area contributed by atoms with Crippen molar-refractivity contribution >= 4 is 17.8 Å².